The predicted octanol–water partition coefficient (Wildman–Crippen LogP) is 3.04. The minimum absolute atomic E-state index is 0.132. The third-order valence-corrected chi connectivity index (χ3v) is 4.41. The van der Waals surface area contributed by atoms with Crippen LogP contribution in [0.3, 0.4) is 0 Å². The third-order valence-electron chi connectivity index (χ3n) is 4.18. The number of rotatable bonds is 4. The number of carbonyl (C=O) groups is 2. The van der Waals surface area contributed by atoms with Crippen molar-refractivity contribution in [1.29, 1.82) is 0 Å². The fourth-order valence-corrected chi connectivity index (χ4v) is 2.99. The standard InChI is InChI=1S/C18H18ClN3O3/c1-11-4-3-7-20-17(11)21-18(24)12-8-16(23)22(10-12)14-9-13(19)5-6-15(14)25-2/h3-7,9,12H,8,10H2,1-2H3,(H,20,21,24)/t12-/m0/s1. The maximum Gasteiger partial charge on any atom is 0.230 e. The van der Waals surface area contributed by atoms with Gasteiger partial charge in [0.15, 0.2) is 0 Å². The van der Waals surface area contributed by atoms with Crippen molar-refractivity contribution in [2.45, 2.75) is 13.3 Å². The van der Waals surface area contributed by atoms with Crippen molar-refractivity contribution in [2.75, 3.05) is 23.9 Å². The molecule has 25 heavy (non-hydrogen) atoms. The molecule has 7 heteroatoms. The van der Waals surface area contributed by atoms with Gasteiger partial charge in [-0.1, -0.05) is 17.7 Å². The summed E-state index contributed by atoms with van der Waals surface area (Å²) < 4.78 is 5.31. The van der Waals surface area contributed by atoms with Gasteiger partial charge >= 0.3 is 0 Å². The van der Waals surface area contributed by atoms with Gasteiger partial charge in [0.05, 0.1) is 18.7 Å². The Bertz CT molecular complexity index is 825. The highest BCUT2D eigenvalue weighted by Crippen LogP contribution is 2.35. The number of hydrogen-bond donors (Lipinski definition) is 1. The monoisotopic (exact) mass is 359 g/mol. The van der Waals surface area contributed by atoms with Gasteiger partial charge in [0.1, 0.15) is 11.6 Å². The second-order valence-electron chi connectivity index (χ2n) is 5.88. The first-order valence-corrected chi connectivity index (χ1v) is 8.23. The van der Waals surface area contributed by atoms with Crippen LogP contribution in [-0.2, 0) is 9.59 Å². The van der Waals surface area contributed by atoms with Crippen molar-refractivity contribution in [3.8, 4) is 5.75 Å². The SMILES string of the molecule is COc1ccc(Cl)cc1N1C[C@@H](C(=O)Nc2ncccc2C)CC1=O. The van der Waals surface area contributed by atoms with Crippen LogP contribution in [-0.4, -0.2) is 30.5 Å². The van der Waals surface area contributed by atoms with E-state index in [9.17, 15) is 9.59 Å². The summed E-state index contributed by atoms with van der Waals surface area (Å²) in [5, 5.41) is 3.30. The largest absolute Gasteiger partial charge is 0.495 e. The molecular formula is C18H18ClN3O3. The van der Waals surface area contributed by atoms with E-state index < -0.39 is 5.92 Å². The Balaban J connectivity index is 1.78. The lowest BCUT2D eigenvalue weighted by Crippen LogP contribution is -2.28. The number of carbonyl (C=O) groups excluding carboxylic acids is 2. The van der Waals surface area contributed by atoms with E-state index in [4.69, 9.17) is 16.3 Å². The van der Waals surface area contributed by atoms with E-state index in [0.29, 0.717) is 22.3 Å². The van der Waals surface area contributed by atoms with Crippen molar-refractivity contribution in [1.82, 2.24) is 4.98 Å². The highest BCUT2D eigenvalue weighted by Gasteiger charge is 2.36. The number of aromatic nitrogens is 1. The Kier molecular flexibility index (Phi) is 4.90. The number of hydrogen-bond acceptors (Lipinski definition) is 4. The summed E-state index contributed by atoms with van der Waals surface area (Å²) in [7, 11) is 1.53. The Morgan fingerprint density at radius 1 is 1.40 bits per heavy atom. The maximum absolute atomic E-state index is 12.5. The molecule has 1 saturated heterocycles. The molecule has 1 aliphatic heterocycles. The van der Waals surface area contributed by atoms with Gasteiger partial charge in [0.2, 0.25) is 11.8 Å². The summed E-state index contributed by atoms with van der Waals surface area (Å²) in [5.41, 5.74) is 1.44. The highest BCUT2D eigenvalue weighted by atomic mass is 35.5. The van der Waals surface area contributed by atoms with Crippen LogP contribution >= 0.6 is 11.6 Å². The molecule has 2 aromatic rings. The van der Waals surface area contributed by atoms with Gasteiger partial charge < -0.3 is 15.0 Å². The van der Waals surface area contributed by atoms with E-state index in [1.807, 2.05) is 13.0 Å². The lowest BCUT2D eigenvalue weighted by molar-refractivity contribution is -0.122. The van der Waals surface area contributed by atoms with Gasteiger partial charge in [0.25, 0.3) is 0 Å². The number of methoxy groups -OCH3 is 1. The average Bonchev–Trinajstić information content (AvgIpc) is 2.98. The summed E-state index contributed by atoms with van der Waals surface area (Å²) in [6.45, 7) is 2.14. The van der Waals surface area contributed by atoms with Gasteiger partial charge in [-0.2, -0.15) is 0 Å². The number of amides is 2. The van der Waals surface area contributed by atoms with E-state index in [1.165, 1.54) is 7.11 Å². The van der Waals surface area contributed by atoms with Crippen molar-refractivity contribution < 1.29 is 14.3 Å². The van der Waals surface area contributed by atoms with Crippen LogP contribution in [0.2, 0.25) is 5.02 Å². The normalized spacial score (nSPS) is 16.8. The van der Waals surface area contributed by atoms with Crippen LogP contribution in [0.4, 0.5) is 11.5 Å². The molecular weight excluding hydrogens is 342 g/mol. The Morgan fingerprint density at radius 2 is 2.20 bits per heavy atom. The number of pyridine rings is 1. The third kappa shape index (κ3) is 3.58. The zero-order valence-corrected chi connectivity index (χ0v) is 14.7. The average molecular weight is 360 g/mol. The molecule has 3 rings (SSSR count). The van der Waals surface area contributed by atoms with E-state index >= 15 is 0 Å². The topological polar surface area (TPSA) is 71.5 Å². The number of halogens is 1. The van der Waals surface area contributed by atoms with Crippen LogP contribution in [0.1, 0.15) is 12.0 Å². The summed E-state index contributed by atoms with van der Waals surface area (Å²) in [6, 6.07) is 8.73. The van der Waals surface area contributed by atoms with Gasteiger partial charge in [0, 0.05) is 24.2 Å². The molecule has 0 saturated carbocycles. The fraction of sp³-hybridized carbons (Fsp3) is 0.278. The van der Waals surface area contributed by atoms with E-state index in [1.54, 1.807) is 35.4 Å². The molecule has 0 spiro atoms. The van der Waals surface area contributed by atoms with Gasteiger partial charge in [-0.15, -0.1) is 0 Å². The fourth-order valence-electron chi connectivity index (χ4n) is 2.83. The Labute approximate surface area is 150 Å². The predicted molar refractivity (Wildman–Crippen MR) is 96.1 cm³/mol. The van der Waals surface area contributed by atoms with Crippen LogP contribution in [0, 0.1) is 12.8 Å². The van der Waals surface area contributed by atoms with Crippen LogP contribution in [0.25, 0.3) is 0 Å². The number of nitrogens with one attached hydrogen (secondary N) is 1. The minimum Gasteiger partial charge on any atom is -0.495 e. The second kappa shape index (κ2) is 7.11. The van der Waals surface area contributed by atoms with Crippen molar-refractivity contribution in [2.24, 2.45) is 5.92 Å². The van der Waals surface area contributed by atoms with Crippen molar-refractivity contribution >= 4 is 34.9 Å². The molecule has 1 atom stereocenters. The van der Waals surface area contributed by atoms with Gasteiger partial charge in [-0.3, -0.25) is 9.59 Å². The second-order valence-corrected chi connectivity index (χ2v) is 6.32. The summed E-state index contributed by atoms with van der Waals surface area (Å²) in [6.07, 6.45) is 1.75. The maximum atomic E-state index is 12.5. The van der Waals surface area contributed by atoms with E-state index in [2.05, 4.69) is 10.3 Å². The molecule has 0 radical (unpaired) electrons. The molecule has 1 aliphatic rings. The summed E-state index contributed by atoms with van der Waals surface area (Å²) in [4.78, 5) is 30.6. The molecule has 2 amide bonds. The number of ether oxygens (including phenoxy) is 1. The van der Waals surface area contributed by atoms with Crippen molar-refractivity contribution in [3.05, 3.63) is 47.1 Å². The molecule has 0 unspecified atom stereocenters. The molecule has 1 fully saturated rings. The van der Waals surface area contributed by atoms with Gasteiger partial charge in [-0.05, 0) is 36.8 Å². The number of aryl methyl sites for hydroxylation is 1. The number of nitrogens with zero attached hydrogens (tertiary/aromatic N) is 2. The number of benzene rings is 1. The van der Waals surface area contributed by atoms with Crippen LogP contribution < -0.4 is 15.0 Å². The van der Waals surface area contributed by atoms with Crippen LogP contribution in [0.5, 0.6) is 5.75 Å². The molecule has 6 nitrogen and oxygen atoms in total. The Hall–Kier alpha value is -2.60. The molecule has 2 heterocycles. The highest BCUT2D eigenvalue weighted by molar-refractivity contribution is 6.31. The van der Waals surface area contributed by atoms with Gasteiger partial charge in [-0.25, -0.2) is 4.98 Å². The van der Waals surface area contributed by atoms with Crippen LogP contribution in [0.15, 0.2) is 36.5 Å². The molecule has 0 bridgehead atoms. The molecule has 1 aromatic carbocycles. The zero-order chi connectivity index (χ0) is 18.0. The number of anilines is 2. The zero-order valence-electron chi connectivity index (χ0n) is 14.0. The van der Waals surface area contributed by atoms with E-state index in [-0.39, 0.29) is 24.8 Å². The molecule has 1 aromatic heterocycles. The summed E-state index contributed by atoms with van der Waals surface area (Å²) >= 11 is 6.04. The molecule has 130 valence electrons. The van der Waals surface area contributed by atoms with Crippen molar-refractivity contribution in [3.63, 3.8) is 0 Å². The smallest absolute Gasteiger partial charge is 0.230 e. The summed E-state index contributed by atoms with van der Waals surface area (Å²) in [5.74, 6) is 0.229. The van der Waals surface area contributed by atoms with E-state index in [0.717, 1.165) is 5.56 Å². The lowest BCUT2D eigenvalue weighted by Gasteiger charge is -2.20. The first-order valence-electron chi connectivity index (χ1n) is 7.86. The first kappa shape index (κ1) is 17.2. The lowest BCUT2D eigenvalue weighted by atomic mass is 10.1. The quantitative estimate of drug-likeness (QED) is 0.910. The Morgan fingerprint density at radius 3 is 2.92 bits per heavy atom. The molecule has 1 N–H and O–H groups in total. The molecule has 0 aliphatic carbocycles. The first-order chi connectivity index (χ1) is 12.0. The minimum atomic E-state index is -0.461.